The molecule has 0 unspecified atom stereocenters. The maximum absolute atomic E-state index is 13.4. The van der Waals surface area contributed by atoms with Gasteiger partial charge in [0.05, 0.1) is 12.8 Å². The van der Waals surface area contributed by atoms with E-state index in [1.165, 1.54) is 18.1 Å². The molecule has 2 aromatic carbocycles. The van der Waals surface area contributed by atoms with Gasteiger partial charge in [0.25, 0.3) is 11.8 Å². The molecule has 0 spiro atoms. The summed E-state index contributed by atoms with van der Waals surface area (Å²) in [6.07, 6.45) is 3.21. The predicted molar refractivity (Wildman–Crippen MR) is 126 cm³/mol. The number of hydrogen-bond donors (Lipinski definition) is 1. The standard InChI is InChI=1S/C23H18ClN3O4S/c1-13-17(24)7-5-9-18(13)27-22(30)16(21(29)25-23(27)32)10-14-11-26(12-20(28)31-2)19-8-4-3-6-15(14)19/h3-11H,12H2,1-2H3,(H,25,29,32)/b16-10+. The van der Waals surface area contributed by atoms with Crippen LogP contribution < -0.4 is 10.2 Å². The molecule has 1 aromatic heterocycles. The number of benzene rings is 2. The SMILES string of the molecule is COC(=O)Cn1cc(/C=C2\C(=O)NC(=S)N(c3cccc(Cl)c3C)C2=O)c2ccccc21. The Labute approximate surface area is 194 Å². The summed E-state index contributed by atoms with van der Waals surface area (Å²) < 4.78 is 6.48. The van der Waals surface area contributed by atoms with Gasteiger partial charge in [-0.25, -0.2) is 0 Å². The molecular weight excluding hydrogens is 450 g/mol. The molecule has 1 fully saturated rings. The fourth-order valence-corrected chi connectivity index (χ4v) is 4.04. The zero-order valence-electron chi connectivity index (χ0n) is 17.2. The molecule has 1 aliphatic heterocycles. The molecule has 0 atom stereocenters. The highest BCUT2D eigenvalue weighted by molar-refractivity contribution is 7.80. The molecule has 2 heterocycles. The zero-order chi connectivity index (χ0) is 23.0. The maximum Gasteiger partial charge on any atom is 0.325 e. The summed E-state index contributed by atoms with van der Waals surface area (Å²) in [6.45, 7) is 1.77. The lowest BCUT2D eigenvalue weighted by molar-refractivity contribution is -0.141. The van der Waals surface area contributed by atoms with Crippen LogP contribution in [0.1, 0.15) is 11.1 Å². The van der Waals surface area contributed by atoms with E-state index in [-0.39, 0.29) is 17.2 Å². The highest BCUT2D eigenvalue weighted by atomic mass is 35.5. The summed E-state index contributed by atoms with van der Waals surface area (Å²) >= 11 is 11.5. The van der Waals surface area contributed by atoms with Crippen LogP contribution in [-0.2, 0) is 25.7 Å². The summed E-state index contributed by atoms with van der Waals surface area (Å²) in [7, 11) is 1.32. The van der Waals surface area contributed by atoms with E-state index >= 15 is 0 Å². The van der Waals surface area contributed by atoms with Crippen LogP contribution in [-0.4, -0.2) is 34.6 Å². The molecule has 1 saturated heterocycles. The number of esters is 1. The highest BCUT2D eigenvalue weighted by Gasteiger charge is 2.35. The van der Waals surface area contributed by atoms with Crippen molar-refractivity contribution in [3.05, 3.63) is 70.4 Å². The zero-order valence-corrected chi connectivity index (χ0v) is 18.8. The first-order chi connectivity index (χ1) is 15.3. The summed E-state index contributed by atoms with van der Waals surface area (Å²) in [5.74, 6) is -1.57. The topological polar surface area (TPSA) is 80.6 Å². The van der Waals surface area contributed by atoms with Gasteiger partial charge in [0, 0.05) is 27.7 Å². The van der Waals surface area contributed by atoms with E-state index in [0.29, 0.717) is 21.8 Å². The Morgan fingerprint density at radius 2 is 1.94 bits per heavy atom. The molecule has 9 heteroatoms. The van der Waals surface area contributed by atoms with Gasteiger partial charge in [0.1, 0.15) is 12.1 Å². The van der Waals surface area contributed by atoms with E-state index in [0.717, 1.165) is 10.9 Å². The van der Waals surface area contributed by atoms with Gasteiger partial charge in [-0.05, 0) is 49.0 Å². The quantitative estimate of drug-likeness (QED) is 0.274. The van der Waals surface area contributed by atoms with E-state index in [4.69, 9.17) is 28.6 Å². The molecule has 1 N–H and O–H groups in total. The number of rotatable bonds is 4. The summed E-state index contributed by atoms with van der Waals surface area (Å²) in [6, 6.07) is 12.5. The molecule has 0 saturated carbocycles. The number of carbonyl (C=O) groups is 3. The van der Waals surface area contributed by atoms with Gasteiger partial charge in [-0.15, -0.1) is 0 Å². The van der Waals surface area contributed by atoms with Gasteiger partial charge in [0.2, 0.25) is 0 Å². The molecule has 7 nitrogen and oxygen atoms in total. The molecule has 2 amide bonds. The van der Waals surface area contributed by atoms with Crippen LogP contribution in [0.25, 0.3) is 17.0 Å². The van der Waals surface area contributed by atoms with Crippen LogP contribution in [0.2, 0.25) is 5.02 Å². The molecular formula is C23H18ClN3O4S. The summed E-state index contributed by atoms with van der Waals surface area (Å²) in [5.41, 5.74) is 2.45. The van der Waals surface area contributed by atoms with Crippen molar-refractivity contribution in [1.82, 2.24) is 9.88 Å². The fourth-order valence-electron chi connectivity index (χ4n) is 3.59. The van der Waals surface area contributed by atoms with Crippen molar-refractivity contribution < 1.29 is 19.1 Å². The number of amides is 2. The van der Waals surface area contributed by atoms with E-state index in [2.05, 4.69) is 5.32 Å². The normalized spacial score (nSPS) is 15.4. The van der Waals surface area contributed by atoms with Gasteiger partial charge < -0.3 is 9.30 Å². The molecule has 162 valence electrons. The number of hydrogen-bond acceptors (Lipinski definition) is 5. The Bertz CT molecular complexity index is 1330. The number of methoxy groups -OCH3 is 1. The number of halogens is 1. The predicted octanol–water partition coefficient (Wildman–Crippen LogP) is 3.61. The Morgan fingerprint density at radius 1 is 1.19 bits per heavy atom. The Hall–Kier alpha value is -3.49. The highest BCUT2D eigenvalue weighted by Crippen LogP contribution is 2.30. The van der Waals surface area contributed by atoms with Crippen LogP contribution in [0.3, 0.4) is 0 Å². The number of aromatic nitrogens is 1. The first-order valence-electron chi connectivity index (χ1n) is 9.63. The van der Waals surface area contributed by atoms with Crippen molar-refractivity contribution >= 4 is 69.4 Å². The third kappa shape index (κ3) is 3.79. The molecule has 0 aliphatic carbocycles. The van der Waals surface area contributed by atoms with Crippen LogP contribution >= 0.6 is 23.8 Å². The van der Waals surface area contributed by atoms with Gasteiger partial charge >= 0.3 is 5.97 Å². The maximum atomic E-state index is 13.4. The smallest absolute Gasteiger partial charge is 0.325 e. The van der Waals surface area contributed by atoms with Crippen molar-refractivity contribution in [2.75, 3.05) is 12.0 Å². The first kappa shape index (κ1) is 21.7. The summed E-state index contributed by atoms with van der Waals surface area (Å²) in [4.78, 5) is 39.1. The average molecular weight is 468 g/mol. The lowest BCUT2D eigenvalue weighted by Crippen LogP contribution is -2.54. The Morgan fingerprint density at radius 3 is 2.69 bits per heavy atom. The second-order valence-corrected chi connectivity index (χ2v) is 7.94. The largest absolute Gasteiger partial charge is 0.468 e. The molecule has 0 radical (unpaired) electrons. The van der Waals surface area contributed by atoms with Crippen LogP contribution in [0.5, 0.6) is 0 Å². The number of fused-ring (bicyclic) bond motifs is 1. The number of carbonyl (C=O) groups excluding carboxylic acids is 3. The van der Waals surface area contributed by atoms with E-state index in [1.54, 1.807) is 35.9 Å². The number of para-hydroxylation sites is 1. The number of thiocarbonyl (C=S) groups is 1. The average Bonchev–Trinajstić information content (AvgIpc) is 3.11. The molecule has 4 rings (SSSR count). The Balaban J connectivity index is 1.81. The van der Waals surface area contributed by atoms with Gasteiger partial charge in [-0.2, -0.15) is 0 Å². The third-order valence-electron chi connectivity index (χ3n) is 5.23. The lowest BCUT2D eigenvalue weighted by atomic mass is 10.1. The Kier molecular flexibility index (Phi) is 5.82. The van der Waals surface area contributed by atoms with E-state index in [9.17, 15) is 14.4 Å². The minimum Gasteiger partial charge on any atom is -0.468 e. The molecule has 1 aliphatic rings. The minimum atomic E-state index is -0.597. The van der Waals surface area contributed by atoms with E-state index in [1.807, 2.05) is 24.3 Å². The van der Waals surface area contributed by atoms with Crippen molar-refractivity contribution in [3.8, 4) is 0 Å². The summed E-state index contributed by atoms with van der Waals surface area (Å²) in [5, 5.41) is 3.82. The van der Waals surface area contributed by atoms with Crippen LogP contribution in [0, 0.1) is 6.92 Å². The number of anilines is 1. The van der Waals surface area contributed by atoms with Crippen LogP contribution in [0.15, 0.2) is 54.2 Å². The van der Waals surface area contributed by atoms with Crippen molar-refractivity contribution in [2.24, 2.45) is 0 Å². The number of ether oxygens (including phenoxy) is 1. The van der Waals surface area contributed by atoms with Gasteiger partial charge in [-0.1, -0.05) is 35.9 Å². The monoisotopic (exact) mass is 467 g/mol. The van der Waals surface area contributed by atoms with E-state index < -0.39 is 17.8 Å². The fraction of sp³-hybridized carbons (Fsp3) is 0.130. The van der Waals surface area contributed by atoms with Gasteiger partial charge in [-0.3, -0.25) is 24.6 Å². The second-order valence-electron chi connectivity index (χ2n) is 7.15. The lowest BCUT2D eigenvalue weighted by Gasteiger charge is -2.30. The first-order valence-corrected chi connectivity index (χ1v) is 10.4. The molecule has 3 aromatic rings. The van der Waals surface area contributed by atoms with Crippen molar-refractivity contribution in [1.29, 1.82) is 0 Å². The minimum absolute atomic E-state index is 0.00174. The van der Waals surface area contributed by atoms with Crippen molar-refractivity contribution in [2.45, 2.75) is 13.5 Å². The molecule has 32 heavy (non-hydrogen) atoms. The van der Waals surface area contributed by atoms with Crippen molar-refractivity contribution in [3.63, 3.8) is 0 Å². The third-order valence-corrected chi connectivity index (χ3v) is 5.92. The number of nitrogens with one attached hydrogen (secondary N) is 1. The molecule has 0 bridgehead atoms. The van der Waals surface area contributed by atoms with Crippen LogP contribution in [0.4, 0.5) is 5.69 Å². The second kappa shape index (κ2) is 8.57. The van der Waals surface area contributed by atoms with Gasteiger partial charge in [0.15, 0.2) is 5.11 Å². The number of nitrogens with zero attached hydrogens (tertiary/aromatic N) is 2.